The number of carbonyl (C=O) groups excluding carboxylic acids is 1. The first kappa shape index (κ1) is 23.6. The van der Waals surface area contributed by atoms with Gasteiger partial charge in [-0.25, -0.2) is 9.07 Å². The van der Waals surface area contributed by atoms with Gasteiger partial charge in [-0.2, -0.15) is 18.3 Å². The number of benzene rings is 2. The molecule has 3 rings (SSSR count). The first-order chi connectivity index (χ1) is 15.1. The van der Waals surface area contributed by atoms with Crippen molar-refractivity contribution in [2.24, 2.45) is 0 Å². The van der Waals surface area contributed by atoms with Crippen LogP contribution in [0.2, 0.25) is 0 Å². The maximum absolute atomic E-state index is 14.1. The van der Waals surface area contributed by atoms with Gasteiger partial charge in [0.25, 0.3) is 0 Å². The van der Waals surface area contributed by atoms with Crippen molar-refractivity contribution in [2.75, 3.05) is 6.61 Å². The molecule has 1 unspecified atom stereocenters. The van der Waals surface area contributed by atoms with Crippen LogP contribution in [0.3, 0.4) is 0 Å². The molecule has 0 aliphatic rings. The van der Waals surface area contributed by atoms with Crippen molar-refractivity contribution in [2.45, 2.75) is 25.4 Å². The van der Waals surface area contributed by atoms with Gasteiger partial charge >= 0.3 is 12.1 Å². The van der Waals surface area contributed by atoms with E-state index in [1.54, 1.807) is 0 Å². The third-order valence-corrected chi connectivity index (χ3v) is 5.02. The van der Waals surface area contributed by atoms with Crippen molar-refractivity contribution in [3.8, 4) is 22.4 Å². The highest BCUT2D eigenvalue weighted by atomic mass is 32.2. The lowest BCUT2D eigenvalue weighted by Crippen LogP contribution is -2.21. The summed E-state index contributed by atoms with van der Waals surface area (Å²) >= 11 is -2.33. The van der Waals surface area contributed by atoms with Crippen LogP contribution in [0.1, 0.15) is 18.2 Å². The molecule has 1 atom stereocenters. The number of carbonyl (C=O) groups is 1. The van der Waals surface area contributed by atoms with Crippen LogP contribution in [0.15, 0.2) is 48.5 Å². The van der Waals surface area contributed by atoms with Gasteiger partial charge < -0.3 is 9.29 Å². The minimum Gasteiger partial charge on any atom is -0.772 e. The number of aromatic nitrogens is 2. The molecule has 3 aromatic rings. The van der Waals surface area contributed by atoms with E-state index in [1.165, 1.54) is 43.3 Å². The monoisotopic (exact) mass is 469 g/mol. The molecular formula is C21H17F4N2O4S-. The molecule has 6 nitrogen and oxygen atoms in total. The average Bonchev–Trinajstić information content (AvgIpc) is 3.08. The van der Waals surface area contributed by atoms with Crippen molar-refractivity contribution in [3.63, 3.8) is 0 Å². The topological polar surface area (TPSA) is 84.2 Å². The molecule has 0 saturated heterocycles. The van der Waals surface area contributed by atoms with E-state index in [9.17, 15) is 31.1 Å². The van der Waals surface area contributed by atoms with Crippen LogP contribution >= 0.6 is 0 Å². The maximum Gasteiger partial charge on any atom is 0.433 e. The summed E-state index contributed by atoms with van der Waals surface area (Å²) in [5.74, 6) is -1.78. The number of esters is 1. The lowest BCUT2D eigenvalue weighted by Gasteiger charge is -2.13. The molecule has 0 amide bonds. The van der Waals surface area contributed by atoms with Crippen LogP contribution in [-0.4, -0.2) is 31.1 Å². The average molecular weight is 469 g/mol. The van der Waals surface area contributed by atoms with Crippen molar-refractivity contribution in [1.29, 1.82) is 0 Å². The van der Waals surface area contributed by atoms with Gasteiger partial charge in [-0.05, 0) is 30.2 Å². The summed E-state index contributed by atoms with van der Waals surface area (Å²) in [6, 6.07) is 10.2. The smallest absolute Gasteiger partial charge is 0.433 e. The van der Waals surface area contributed by atoms with Gasteiger partial charge in [0.1, 0.15) is 18.1 Å². The Labute approximate surface area is 183 Å². The number of alkyl halides is 3. The van der Waals surface area contributed by atoms with E-state index < -0.39 is 41.3 Å². The van der Waals surface area contributed by atoms with E-state index in [4.69, 9.17) is 4.74 Å². The summed E-state index contributed by atoms with van der Waals surface area (Å²) in [5.41, 5.74) is -0.860. The van der Waals surface area contributed by atoms with E-state index >= 15 is 0 Å². The zero-order chi connectivity index (χ0) is 23.5. The number of nitrogens with zero attached hydrogens (tertiary/aromatic N) is 2. The predicted molar refractivity (Wildman–Crippen MR) is 107 cm³/mol. The molecule has 170 valence electrons. The first-order valence-electron chi connectivity index (χ1n) is 9.35. The second-order valence-electron chi connectivity index (χ2n) is 6.68. The van der Waals surface area contributed by atoms with Crippen LogP contribution < -0.4 is 0 Å². The van der Waals surface area contributed by atoms with Gasteiger partial charge in [-0.15, -0.1) is 0 Å². The normalized spacial score (nSPS) is 12.6. The van der Waals surface area contributed by atoms with Crippen molar-refractivity contribution in [3.05, 3.63) is 65.6 Å². The Morgan fingerprint density at radius 3 is 2.22 bits per heavy atom. The minimum absolute atomic E-state index is 0.0122. The molecule has 32 heavy (non-hydrogen) atoms. The lowest BCUT2D eigenvalue weighted by atomic mass is 9.98. The highest BCUT2D eigenvalue weighted by Gasteiger charge is 2.41. The Bertz CT molecular complexity index is 1130. The Balaban J connectivity index is 2.22. The summed E-state index contributed by atoms with van der Waals surface area (Å²) in [5, 5.41) is 4.04. The summed E-state index contributed by atoms with van der Waals surface area (Å²) in [4.78, 5) is 11.9. The molecular weight excluding hydrogens is 452 g/mol. The van der Waals surface area contributed by atoms with E-state index in [0.717, 1.165) is 12.1 Å². The van der Waals surface area contributed by atoms with Crippen LogP contribution in [0.4, 0.5) is 17.6 Å². The molecule has 0 aliphatic heterocycles. The van der Waals surface area contributed by atoms with Gasteiger partial charge in [0.2, 0.25) is 0 Å². The van der Waals surface area contributed by atoms with Crippen LogP contribution in [-0.2, 0) is 39.1 Å². The number of hydrogen-bond acceptors (Lipinski definition) is 5. The van der Waals surface area contributed by atoms with E-state index in [1.807, 2.05) is 0 Å². The van der Waals surface area contributed by atoms with E-state index in [2.05, 4.69) is 5.10 Å². The van der Waals surface area contributed by atoms with Crippen LogP contribution in [0, 0.1) is 5.82 Å². The molecule has 0 bridgehead atoms. The quantitative estimate of drug-likeness (QED) is 0.292. The van der Waals surface area contributed by atoms with Crippen molar-refractivity contribution < 1.29 is 35.9 Å². The van der Waals surface area contributed by atoms with Crippen LogP contribution in [0.25, 0.3) is 22.4 Å². The second kappa shape index (κ2) is 9.61. The SMILES string of the molecule is CCOC(=O)Cn1nc(-c2ccc(CS(=O)[O-])cc2)c(-c2ccc(F)cc2)c1C(F)(F)F. The third-order valence-electron chi connectivity index (χ3n) is 4.45. The first-order valence-corrected chi connectivity index (χ1v) is 10.6. The lowest BCUT2D eigenvalue weighted by molar-refractivity contribution is -0.149. The third kappa shape index (κ3) is 5.40. The highest BCUT2D eigenvalue weighted by molar-refractivity contribution is 7.78. The molecule has 11 heteroatoms. The molecule has 0 fully saturated rings. The standard InChI is InChI=1S/C21H18F4N2O4S/c1-2-31-17(28)11-27-20(21(23,24)25)18(14-7-9-16(22)10-8-14)19(26-27)15-5-3-13(4-6-15)12-32(29)30/h3-10H,2,11-12H2,1H3,(H,29,30)/p-1. The Kier molecular flexibility index (Phi) is 7.09. The summed E-state index contributed by atoms with van der Waals surface area (Å²) < 4.78 is 82.8. The number of rotatable bonds is 7. The largest absolute Gasteiger partial charge is 0.772 e. The van der Waals surface area contributed by atoms with Gasteiger partial charge in [0.15, 0.2) is 5.69 Å². The number of ether oxygens (including phenoxy) is 1. The molecule has 0 saturated carbocycles. The fourth-order valence-corrected chi connectivity index (χ4v) is 3.64. The fourth-order valence-electron chi connectivity index (χ4n) is 3.18. The second-order valence-corrected chi connectivity index (χ2v) is 7.58. The van der Waals surface area contributed by atoms with Crippen LogP contribution in [0.5, 0.6) is 0 Å². The highest BCUT2D eigenvalue weighted by Crippen LogP contribution is 2.42. The molecule has 0 aliphatic carbocycles. The molecule has 0 N–H and O–H groups in total. The molecule has 2 aromatic carbocycles. The van der Waals surface area contributed by atoms with Gasteiger partial charge in [-0.3, -0.25) is 9.00 Å². The Morgan fingerprint density at radius 2 is 1.69 bits per heavy atom. The summed E-state index contributed by atoms with van der Waals surface area (Å²) in [6.07, 6.45) is -4.89. The van der Waals surface area contributed by atoms with Gasteiger partial charge in [0.05, 0.1) is 6.61 Å². The van der Waals surface area contributed by atoms with Gasteiger partial charge in [0, 0.05) is 16.9 Å². The zero-order valence-electron chi connectivity index (χ0n) is 16.7. The fraction of sp³-hybridized carbons (Fsp3) is 0.238. The molecule has 1 aromatic heterocycles. The van der Waals surface area contributed by atoms with Crippen molar-refractivity contribution in [1.82, 2.24) is 9.78 Å². The predicted octanol–water partition coefficient (Wildman–Crippen LogP) is 4.32. The maximum atomic E-state index is 14.1. The minimum atomic E-state index is -4.89. The number of halogens is 4. The zero-order valence-corrected chi connectivity index (χ0v) is 17.5. The Morgan fingerprint density at radius 1 is 1.09 bits per heavy atom. The summed E-state index contributed by atoms with van der Waals surface area (Å²) in [6.45, 7) is 0.739. The molecule has 0 spiro atoms. The Hall–Kier alpha value is -3.05. The number of hydrogen-bond donors (Lipinski definition) is 0. The van der Waals surface area contributed by atoms with Gasteiger partial charge in [-0.1, -0.05) is 47.5 Å². The van der Waals surface area contributed by atoms with E-state index in [-0.39, 0.29) is 34.7 Å². The van der Waals surface area contributed by atoms with Crippen molar-refractivity contribution >= 4 is 17.0 Å². The summed E-state index contributed by atoms with van der Waals surface area (Å²) in [7, 11) is 0. The molecule has 0 radical (unpaired) electrons. The van der Waals surface area contributed by atoms with E-state index in [0.29, 0.717) is 10.2 Å². The molecule has 1 heterocycles.